The first-order valence-corrected chi connectivity index (χ1v) is 27.9. The summed E-state index contributed by atoms with van der Waals surface area (Å²) in [6, 6.07) is 34.2. The van der Waals surface area contributed by atoms with Crippen molar-refractivity contribution in [3.63, 3.8) is 0 Å². The van der Waals surface area contributed by atoms with E-state index in [-0.39, 0.29) is 5.60 Å². The molecule has 0 bridgehead atoms. The van der Waals surface area contributed by atoms with E-state index in [1.807, 2.05) is 122 Å². The summed E-state index contributed by atoms with van der Waals surface area (Å²) in [7, 11) is 0. The van der Waals surface area contributed by atoms with Crippen LogP contribution in [0, 0.1) is 20.8 Å². The van der Waals surface area contributed by atoms with Crippen LogP contribution in [0.3, 0.4) is 0 Å². The Kier molecular flexibility index (Phi) is 12.7. The highest BCUT2D eigenvalue weighted by Gasteiger charge is 2.46. The average Bonchev–Trinajstić information content (AvgIpc) is 3.54. The maximum atomic E-state index is 6.20. The van der Waals surface area contributed by atoms with Gasteiger partial charge in [-0.25, -0.2) is 19.6 Å². The van der Waals surface area contributed by atoms with Gasteiger partial charge in [0, 0.05) is 99.6 Å². The number of H-pyrrole nitrogens is 3. The van der Waals surface area contributed by atoms with Gasteiger partial charge in [0.1, 0.15) is 39.5 Å². The van der Waals surface area contributed by atoms with Crippen LogP contribution in [0.1, 0.15) is 68.1 Å². The lowest BCUT2D eigenvalue weighted by Crippen LogP contribution is -2.24. The number of aryl methyl sites for hydroxylation is 3. The van der Waals surface area contributed by atoms with Gasteiger partial charge in [-0.1, -0.05) is 24.3 Å². The molecule has 20 heteroatoms. The maximum Gasteiger partial charge on any atom is 0.178 e. The number of allylic oxidation sites excluding steroid dienone is 4. The van der Waals surface area contributed by atoms with Gasteiger partial charge in [-0.3, -0.25) is 39.8 Å². The van der Waals surface area contributed by atoms with E-state index in [0.29, 0.717) is 11.6 Å². The minimum absolute atomic E-state index is 0.390. The fourth-order valence-corrected chi connectivity index (χ4v) is 11.4. The van der Waals surface area contributed by atoms with Crippen molar-refractivity contribution >= 4 is 106 Å². The van der Waals surface area contributed by atoms with Crippen molar-refractivity contribution in [3.8, 4) is 11.6 Å². The van der Waals surface area contributed by atoms with E-state index in [9.17, 15) is 0 Å². The molecule has 0 fully saturated rings. The van der Waals surface area contributed by atoms with Gasteiger partial charge in [0.25, 0.3) is 0 Å². The predicted octanol–water partition coefficient (Wildman–Crippen LogP) is 13.9. The maximum absolute atomic E-state index is 6.20. The number of benzene rings is 3. The Hall–Kier alpha value is -11.0. The van der Waals surface area contributed by atoms with Gasteiger partial charge in [0.15, 0.2) is 23.3 Å². The lowest BCUT2D eigenvalue weighted by molar-refractivity contribution is -0.107. The topological polar surface area (TPSA) is 244 Å². The molecule has 0 saturated carbocycles. The van der Waals surface area contributed by atoms with Crippen LogP contribution in [-0.2, 0) is 15.9 Å². The molecule has 2 aliphatic rings. The van der Waals surface area contributed by atoms with Gasteiger partial charge in [-0.2, -0.15) is 20.4 Å². The van der Waals surface area contributed by atoms with Crippen LogP contribution >= 0.6 is 0 Å². The van der Waals surface area contributed by atoms with E-state index in [1.54, 1.807) is 18.6 Å². The van der Waals surface area contributed by atoms with Gasteiger partial charge >= 0.3 is 0 Å². The number of fused-ring (bicyclic) bond motifs is 7. The molecule has 0 unspecified atom stereocenters. The molecule has 16 rings (SSSR count). The normalized spacial score (nSPS) is 13.9. The van der Waals surface area contributed by atoms with Gasteiger partial charge in [-0.15, -0.1) is 0 Å². The summed E-state index contributed by atoms with van der Waals surface area (Å²) in [5.41, 5.74) is 13.6. The summed E-state index contributed by atoms with van der Waals surface area (Å²) >= 11 is 0. The first-order valence-electron chi connectivity index (χ1n) is 27.9. The molecule has 418 valence electrons. The first kappa shape index (κ1) is 52.1. The third-order valence-electron chi connectivity index (χ3n) is 15.3. The molecular weight excluding hydrogens is 1060 g/mol. The van der Waals surface area contributed by atoms with E-state index in [1.165, 1.54) is 16.3 Å². The van der Waals surface area contributed by atoms with Crippen molar-refractivity contribution < 1.29 is 4.74 Å². The minimum Gasteiger partial charge on any atom is -0.358 e. The molecule has 1 aliphatic heterocycles. The van der Waals surface area contributed by atoms with Gasteiger partial charge < -0.3 is 20.7 Å². The highest BCUT2D eigenvalue weighted by atomic mass is 16.5. The number of rotatable bonds is 9. The summed E-state index contributed by atoms with van der Waals surface area (Å²) in [6.07, 6.45) is 22.5. The van der Waals surface area contributed by atoms with Crippen LogP contribution in [0.2, 0.25) is 0 Å². The van der Waals surface area contributed by atoms with Crippen LogP contribution in [0.25, 0.3) is 82.6 Å². The molecule has 3 aromatic carbocycles. The zero-order chi connectivity index (χ0) is 58.0. The summed E-state index contributed by atoms with van der Waals surface area (Å²) in [4.78, 5) is 31.5. The third kappa shape index (κ3) is 9.78. The Morgan fingerprint density at radius 1 is 0.541 bits per heavy atom. The lowest BCUT2D eigenvalue weighted by Gasteiger charge is -2.25. The van der Waals surface area contributed by atoms with Crippen LogP contribution < -0.4 is 16.0 Å². The number of aromatic nitrogens is 16. The third-order valence-corrected chi connectivity index (χ3v) is 15.3. The van der Waals surface area contributed by atoms with E-state index in [2.05, 4.69) is 170 Å². The average molecular weight is 1120 g/mol. The minimum atomic E-state index is -0.438. The number of aromatic amines is 3. The first-order chi connectivity index (χ1) is 41.3. The van der Waals surface area contributed by atoms with Crippen LogP contribution in [0.4, 0.5) is 34.5 Å². The fraction of sp³-hybridized carbons (Fsp3) is 0.154. The molecule has 6 N–H and O–H groups in total. The highest BCUT2D eigenvalue weighted by molar-refractivity contribution is 6.00. The second kappa shape index (κ2) is 20.8. The van der Waals surface area contributed by atoms with Gasteiger partial charge in [0.05, 0.1) is 27.8 Å². The standard InChI is InChI=1S/C24H23N7O.C21H17N5.C20H17N7/c1-23(2)17-13-31(30-20(17)24(3,4)32-23)22-16-8-7-15(12-14(16)9-11-26-22)27-21-19-18(28-29-21)6-5-10-25-19;1-13-16-9-8-15(24-21-20-19(25-26-21)7-4-10-22-20)11-17(16)18(12-23-13)14-5-2-3-6-14;1-12-11-27(13(2)23-12)20-16-6-5-15(10-14(16)7-9-22-20)24-19-18-17(25-26-19)4-3-8-21-18/h5-13H,1-4H3,(H2,27,28,29);2,4-12H,3H2,1H3,(H2,24,25,26);3-11H,1-2H3,(H2,24,25,26). The summed E-state index contributed by atoms with van der Waals surface area (Å²) in [5.74, 6) is 4.73. The van der Waals surface area contributed by atoms with Crippen molar-refractivity contribution in [2.24, 2.45) is 0 Å². The van der Waals surface area contributed by atoms with E-state index >= 15 is 0 Å². The smallest absolute Gasteiger partial charge is 0.178 e. The highest BCUT2D eigenvalue weighted by Crippen LogP contribution is 2.46. The molecule has 1 aliphatic carbocycles. The number of anilines is 6. The summed E-state index contributed by atoms with van der Waals surface area (Å²) in [6.45, 7) is 14.3. The van der Waals surface area contributed by atoms with E-state index < -0.39 is 5.60 Å². The molecular formula is C65H57N19O. The molecule has 12 heterocycles. The molecule has 0 radical (unpaired) electrons. The van der Waals surface area contributed by atoms with Crippen molar-refractivity contribution in [3.05, 3.63) is 205 Å². The number of hydrogen-bond donors (Lipinski definition) is 6. The van der Waals surface area contributed by atoms with Crippen molar-refractivity contribution in [1.82, 2.24) is 79.8 Å². The molecule has 0 spiro atoms. The zero-order valence-corrected chi connectivity index (χ0v) is 47.6. The fourth-order valence-electron chi connectivity index (χ4n) is 11.4. The number of nitrogens with one attached hydrogen (secondary N) is 6. The second-order valence-corrected chi connectivity index (χ2v) is 22.0. The van der Waals surface area contributed by atoms with Crippen LogP contribution in [0.5, 0.6) is 0 Å². The second-order valence-electron chi connectivity index (χ2n) is 22.0. The largest absolute Gasteiger partial charge is 0.358 e. The van der Waals surface area contributed by atoms with Crippen molar-refractivity contribution in [2.45, 2.75) is 66.1 Å². The van der Waals surface area contributed by atoms with E-state index in [0.717, 1.165) is 130 Å². The Morgan fingerprint density at radius 3 is 1.61 bits per heavy atom. The van der Waals surface area contributed by atoms with Crippen molar-refractivity contribution in [1.29, 1.82) is 0 Å². The van der Waals surface area contributed by atoms with E-state index in [4.69, 9.17) is 9.84 Å². The molecule has 0 atom stereocenters. The molecule has 0 amide bonds. The Bertz CT molecular complexity index is 4930. The van der Waals surface area contributed by atoms with Crippen LogP contribution in [-0.4, -0.2) is 79.8 Å². The predicted molar refractivity (Wildman–Crippen MR) is 334 cm³/mol. The monoisotopic (exact) mass is 1120 g/mol. The van der Waals surface area contributed by atoms with Crippen molar-refractivity contribution in [2.75, 3.05) is 16.0 Å². The Labute approximate surface area is 486 Å². The number of ether oxygens (including phenoxy) is 1. The number of pyridine rings is 6. The van der Waals surface area contributed by atoms with Crippen LogP contribution in [0.15, 0.2) is 171 Å². The molecule has 11 aromatic heterocycles. The van der Waals surface area contributed by atoms with Gasteiger partial charge in [-0.05, 0) is 174 Å². The Morgan fingerprint density at radius 2 is 1.08 bits per heavy atom. The number of imidazole rings is 1. The zero-order valence-electron chi connectivity index (χ0n) is 47.6. The summed E-state index contributed by atoms with van der Waals surface area (Å²) < 4.78 is 10.1. The molecule has 0 saturated heterocycles. The number of hydrogen-bond acceptors (Lipinski definition) is 15. The Balaban J connectivity index is 0.000000114. The molecule has 14 aromatic rings. The van der Waals surface area contributed by atoms with Gasteiger partial charge in [0.2, 0.25) is 0 Å². The quantitative estimate of drug-likeness (QED) is 0.0787. The lowest BCUT2D eigenvalue weighted by atomic mass is 9.98. The molecule has 20 nitrogen and oxygen atoms in total. The SMILES string of the molecule is CC1(C)OC(C)(C)c2nn(-c3nccc4cc(Nc5n[nH]c6cccnc56)ccc34)cc21.Cc1cn(-c2nccc3cc(Nc4n[nH]c5cccnc45)ccc23)c(C)n1.Cc1ncc(C2=CCC=C2)c2cc(Nc3n[nH]c4cccnc34)ccc12. The summed E-state index contributed by atoms with van der Waals surface area (Å²) in [5, 5.41) is 43.6. The molecule has 85 heavy (non-hydrogen) atoms. The number of nitrogens with zero attached hydrogens (tertiary/aromatic N) is 13.